The zero-order chi connectivity index (χ0) is 39.0. The van der Waals surface area contributed by atoms with Crippen molar-refractivity contribution in [2.24, 2.45) is 7.05 Å². The van der Waals surface area contributed by atoms with Crippen molar-refractivity contribution in [2.45, 2.75) is 50.0 Å². The number of benzene rings is 2. The van der Waals surface area contributed by atoms with Gasteiger partial charge in [-0.25, -0.2) is 4.98 Å². The average molecular weight is 767 g/mol. The van der Waals surface area contributed by atoms with Gasteiger partial charge in [0.25, 0.3) is 11.8 Å². The molecule has 9 rings (SSSR count). The zero-order valence-electron chi connectivity index (χ0n) is 31.6. The molecule has 1 unspecified atom stereocenters. The van der Waals surface area contributed by atoms with Gasteiger partial charge in [0.15, 0.2) is 0 Å². The Morgan fingerprint density at radius 1 is 0.825 bits per heavy atom. The molecule has 2 saturated heterocycles. The number of hydrogen-bond donors (Lipinski definition) is 1. The number of nitrogens with zero attached hydrogens (tertiary/aromatic N) is 5. The summed E-state index contributed by atoms with van der Waals surface area (Å²) in [6.07, 6.45) is 8.31. The molecular formula is C44H42N6O7. The molecule has 2 aromatic carbocycles. The van der Waals surface area contributed by atoms with Gasteiger partial charge in [0, 0.05) is 90.9 Å². The Labute approximate surface area is 329 Å². The summed E-state index contributed by atoms with van der Waals surface area (Å²) >= 11 is 0. The van der Waals surface area contributed by atoms with Crippen LogP contribution in [0.3, 0.4) is 0 Å². The number of ether oxygens (including phenoxy) is 4. The van der Waals surface area contributed by atoms with E-state index < -0.39 is 17.9 Å². The Hall–Kier alpha value is -6.07. The van der Waals surface area contributed by atoms with Crippen molar-refractivity contribution < 1.29 is 33.3 Å². The molecule has 3 fully saturated rings. The molecule has 290 valence electrons. The number of amides is 3. The molecule has 0 bridgehead atoms. The van der Waals surface area contributed by atoms with Crippen LogP contribution in [0.2, 0.25) is 0 Å². The lowest BCUT2D eigenvalue weighted by Crippen LogP contribution is -2.52. The number of fused-ring (bicyclic) bond motifs is 4. The second kappa shape index (κ2) is 15.5. The second-order valence-electron chi connectivity index (χ2n) is 14.9. The molecule has 5 aromatic rings. The number of carbonyl (C=O) groups is 3. The summed E-state index contributed by atoms with van der Waals surface area (Å²) in [5.41, 5.74) is 6.53. The zero-order valence-corrected chi connectivity index (χ0v) is 31.6. The molecule has 1 atom stereocenters. The first-order valence-electron chi connectivity index (χ1n) is 19.3. The number of aromatic nitrogens is 3. The molecule has 6 heterocycles. The Bertz CT molecular complexity index is 2460. The van der Waals surface area contributed by atoms with Crippen molar-refractivity contribution in [3.63, 3.8) is 0 Å². The van der Waals surface area contributed by atoms with Crippen LogP contribution in [0.1, 0.15) is 46.4 Å². The van der Waals surface area contributed by atoms with Crippen LogP contribution in [0.4, 0.5) is 5.69 Å². The summed E-state index contributed by atoms with van der Waals surface area (Å²) in [7, 11) is 2.08. The molecule has 0 spiro atoms. The summed E-state index contributed by atoms with van der Waals surface area (Å²) in [5, 5.41) is 4.99. The number of aryl methyl sites for hydroxylation is 1. The average Bonchev–Trinajstić information content (AvgIpc) is 3.61. The first kappa shape index (κ1) is 36.6. The van der Waals surface area contributed by atoms with Crippen LogP contribution in [0, 0.1) is 11.8 Å². The van der Waals surface area contributed by atoms with Crippen LogP contribution in [-0.2, 0) is 26.1 Å². The van der Waals surface area contributed by atoms with Gasteiger partial charge in [0.2, 0.25) is 11.8 Å². The minimum absolute atomic E-state index is 0.0368. The quantitative estimate of drug-likeness (QED) is 0.105. The summed E-state index contributed by atoms with van der Waals surface area (Å²) < 4.78 is 25.7. The summed E-state index contributed by atoms with van der Waals surface area (Å²) in [6.45, 7) is 6.60. The van der Waals surface area contributed by atoms with Gasteiger partial charge in [-0.2, -0.15) is 0 Å². The van der Waals surface area contributed by atoms with E-state index in [4.69, 9.17) is 18.9 Å². The fourth-order valence-electron chi connectivity index (χ4n) is 7.92. The minimum Gasteiger partial charge on any atom is -0.474 e. The van der Waals surface area contributed by atoms with Gasteiger partial charge in [-0.3, -0.25) is 24.3 Å². The van der Waals surface area contributed by atoms with E-state index in [1.165, 1.54) is 5.39 Å². The van der Waals surface area contributed by atoms with Crippen LogP contribution in [0.5, 0.6) is 5.88 Å². The predicted molar refractivity (Wildman–Crippen MR) is 213 cm³/mol. The number of anilines is 1. The largest absolute Gasteiger partial charge is 0.474 e. The summed E-state index contributed by atoms with van der Waals surface area (Å²) in [4.78, 5) is 50.7. The summed E-state index contributed by atoms with van der Waals surface area (Å²) in [6, 6.07) is 16.9. The number of hydrogen-bond acceptors (Lipinski definition) is 10. The summed E-state index contributed by atoms with van der Waals surface area (Å²) in [5.74, 6) is 5.37. The molecule has 0 radical (unpaired) electrons. The Morgan fingerprint density at radius 3 is 2.47 bits per heavy atom. The SMILES string of the molecule is C=C1CCC(N2C(=O)c3ccc(N4CC(OCCOCC#CCOC5CC(Oc6ccc(-c7ccc8c9cnccc9n(C)c8c7)cn6)C5)C4)cc3C2=O)C(=O)N1. The lowest BCUT2D eigenvalue weighted by molar-refractivity contribution is -0.125. The smallest absolute Gasteiger partial charge is 0.262 e. The predicted octanol–water partition coefficient (Wildman–Crippen LogP) is 5.03. The molecule has 1 saturated carbocycles. The Balaban J connectivity index is 0.636. The monoisotopic (exact) mass is 766 g/mol. The van der Waals surface area contributed by atoms with E-state index >= 15 is 0 Å². The van der Waals surface area contributed by atoms with Crippen molar-refractivity contribution in [1.82, 2.24) is 24.8 Å². The van der Waals surface area contributed by atoms with Gasteiger partial charge < -0.3 is 33.7 Å². The van der Waals surface area contributed by atoms with E-state index in [1.54, 1.807) is 12.1 Å². The van der Waals surface area contributed by atoms with Crippen molar-refractivity contribution in [1.29, 1.82) is 0 Å². The first-order valence-corrected chi connectivity index (χ1v) is 19.3. The molecule has 13 heteroatoms. The lowest BCUT2D eigenvalue weighted by atomic mass is 9.92. The normalized spacial score (nSPS) is 20.6. The Morgan fingerprint density at radius 2 is 1.65 bits per heavy atom. The topological polar surface area (TPSA) is 137 Å². The number of allylic oxidation sites excluding steroid dienone is 1. The maximum Gasteiger partial charge on any atom is 0.262 e. The third-order valence-electron chi connectivity index (χ3n) is 11.2. The molecule has 57 heavy (non-hydrogen) atoms. The number of piperidine rings is 1. The van der Waals surface area contributed by atoms with Gasteiger partial charge in [0.1, 0.15) is 25.4 Å². The fourth-order valence-corrected chi connectivity index (χ4v) is 7.92. The van der Waals surface area contributed by atoms with Gasteiger partial charge in [-0.1, -0.05) is 30.6 Å². The molecule has 3 aromatic heterocycles. The van der Waals surface area contributed by atoms with E-state index in [2.05, 4.69) is 68.4 Å². The van der Waals surface area contributed by atoms with E-state index in [9.17, 15) is 14.4 Å². The standard InChI is InChI=1S/C44H42N6O7/c1-27-5-11-39(42(51)47-27)50-43(52)35-10-8-30(20-36(35)44(50)53)49-25-33(26-49)56-18-17-54-15-3-4-16-55-31-21-32(22-31)57-41-12-7-29(23-46-41)28-6-9-34-37-24-45-14-13-38(37)48(2)40(34)19-28/h6-10,12-14,19-20,23-24,31-33,39H,1,5,11,15-18,21-22,25-26H2,2H3,(H,47,51). The highest BCUT2D eigenvalue weighted by atomic mass is 16.5. The number of carbonyl (C=O) groups excluding carboxylic acids is 3. The highest BCUT2D eigenvalue weighted by Crippen LogP contribution is 2.34. The van der Waals surface area contributed by atoms with Gasteiger partial charge in [0.05, 0.1) is 42.1 Å². The van der Waals surface area contributed by atoms with Crippen molar-refractivity contribution >= 4 is 45.2 Å². The van der Waals surface area contributed by atoms with Crippen molar-refractivity contribution in [3.05, 3.63) is 96.6 Å². The fraction of sp³-hybridized carbons (Fsp3) is 0.341. The maximum absolute atomic E-state index is 13.2. The molecule has 13 nitrogen and oxygen atoms in total. The van der Waals surface area contributed by atoms with Gasteiger partial charge in [-0.05, 0) is 54.8 Å². The lowest BCUT2D eigenvalue weighted by Gasteiger charge is -2.40. The minimum atomic E-state index is -0.824. The second-order valence-corrected chi connectivity index (χ2v) is 14.9. The van der Waals surface area contributed by atoms with E-state index in [0.29, 0.717) is 75.1 Å². The Kier molecular flexibility index (Phi) is 9.92. The highest BCUT2D eigenvalue weighted by Gasteiger charge is 2.44. The van der Waals surface area contributed by atoms with Crippen LogP contribution >= 0.6 is 0 Å². The van der Waals surface area contributed by atoms with Crippen LogP contribution in [-0.4, -0.2) is 101 Å². The van der Waals surface area contributed by atoms with Gasteiger partial charge in [-0.15, -0.1) is 0 Å². The molecule has 3 amide bonds. The van der Waals surface area contributed by atoms with Crippen molar-refractivity contribution in [3.8, 4) is 28.8 Å². The number of imide groups is 1. The first-order chi connectivity index (χ1) is 27.8. The van der Waals surface area contributed by atoms with E-state index in [-0.39, 0.29) is 24.2 Å². The molecule has 3 aliphatic heterocycles. The van der Waals surface area contributed by atoms with Gasteiger partial charge >= 0.3 is 0 Å². The third kappa shape index (κ3) is 7.23. The number of pyridine rings is 2. The van der Waals surface area contributed by atoms with Crippen molar-refractivity contribution in [2.75, 3.05) is 44.4 Å². The molecular weight excluding hydrogens is 725 g/mol. The third-order valence-corrected chi connectivity index (χ3v) is 11.2. The van der Waals surface area contributed by atoms with Crippen LogP contribution in [0.25, 0.3) is 32.9 Å². The number of nitrogens with one attached hydrogen (secondary N) is 1. The van der Waals surface area contributed by atoms with E-state index in [1.807, 2.05) is 42.9 Å². The van der Waals surface area contributed by atoms with Crippen LogP contribution in [0.15, 0.2) is 85.5 Å². The molecule has 4 aliphatic rings. The maximum atomic E-state index is 13.2. The van der Waals surface area contributed by atoms with Crippen LogP contribution < -0.4 is 15.0 Å². The van der Waals surface area contributed by atoms with E-state index in [0.717, 1.165) is 51.0 Å². The molecule has 1 N–H and O–H groups in total. The highest BCUT2D eigenvalue weighted by molar-refractivity contribution is 6.23. The molecule has 1 aliphatic carbocycles. The number of rotatable bonds is 12.